The summed E-state index contributed by atoms with van der Waals surface area (Å²) in [5, 5.41) is 0.197. The second-order valence-electron chi connectivity index (χ2n) is 7.96. The monoisotopic (exact) mass is 502 g/mol. The van der Waals surface area contributed by atoms with Crippen LogP contribution >= 0.6 is 11.3 Å². The topological polar surface area (TPSA) is 42.4 Å². The van der Waals surface area contributed by atoms with Crippen LogP contribution in [0.3, 0.4) is 0 Å². The van der Waals surface area contributed by atoms with Crippen molar-refractivity contribution in [2.75, 3.05) is 18.1 Å². The van der Waals surface area contributed by atoms with Gasteiger partial charge in [-0.25, -0.2) is 4.98 Å². The number of hydrogen-bond acceptors (Lipinski definition) is 4. The highest BCUT2D eigenvalue weighted by atomic mass is 32.1. The van der Waals surface area contributed by atoms with Crippen molar-refractivity contribution >= 4 is 32.6 Å². The second kappa shape index (κ2) is 9.18. The average Bonchev–Trinajstić information content (AvgIpc) is 3.44. The Balaban J connectivity index is 1.82. The molecule has 4 rings (SSSR count). The van der Waals surface area contributed by atoms with E-state index in [9.17, 15) is 31.1 Å². The zero-order valence-corrected chi connectivity index (χ0v) is 18.8. The molecule has 11 heteroatoms. The van der Waals surface area contributed by atoms with Crippen molar-refractivity contribution in [3.63, 3.8) is 0 Å². The molecule has 0 spiro atoms. The number of rotatable bonds is 5. The Morgan fingerprint density at radius 1 is 1.12 bits per heavy atom. The highest BCUT2D eigenvalue weighted by molar-refractivity contribution is 7.22. The number of ether oxygens (including phenoxy) is 1. The van der Waals surface area contributed by atoms with E-state index >= 15 is 0 Å². The van der Waals surface area contributed by atoms with E-state index in [4.69, 9.17) is 4.74 Å². The molecule has 1 aliphatic heterocycles. The number of amides is 1. The minimum absolute atomic E-state index is 0.00636. The van der Waals surface area contributed by atoms with Crippen LogP contribution in [0.2, 0.25) is 0 Å². The molecule has 1 atom stereocenters. The molecule has 1 aliphatic rings. The van der Waals surface area contributed by atoms with Crippen molar-refractivity contribution < 1.29 is 35.9 Å². The summed E-state index contributed by atoms with van der Waals surface area (Å²) in [6, 6.07) is 6.41. The number of aromatic nitrogens is 1. The van der Waals surface area contributed by atoms with Gasteiger partial charge < -0.3 is 4.74 Å². The number of anilines is 1. The summed E-state index contributed by atoms with van der Waals surface area (Å²) in [4.78, 5) is 19.1. The lowest BCUT2D eigenvalue weighted by Crippen LogP contribution is -2.37. The third kappa shape index (κ3) is 5.05. The van der Waals surface area contributed by atoms with E-state index < -0.39 is 41.1 Å². The van der Waals surface area contributed by atoms with Crippen LogP contribution in [0.4, 0.5) is 31.5 Å². The number of carbonyl (C=O) groups is 1. The number of hydrogen-bond donors (Lipinski definition) is 0. The normalized spacial score (nSPS) is 16.9. The first kappa shape index (κ1) is 24.5. The predicted octanol–water partition coefficient (Wildman–Crippen LogP) is 6.72. The van der Waals surface area contributed by atoms with Gasteiger partial charge in [0.1, 0.15) is 0 Å². The first-order valence-electron chi connectivity index (χ1n) is 10.6. The Morgan fingerprint density at radius 3 is 2.35 bits per heavy atom. The standard InChI is InChI=1S/C23H20F6N2O2S/c1-2-13-5-3-7-18-19(13)30-21(34-18)31(12-17-6-4-8-33-17)20(32)14-9-15(22(24,25)26)11-16(10-14)23(27,28)29/h3,5,7,9-11,17H,2,4,6,8,12H2,1H3. The fourth-order valence-corrected chi connectivity index (χ4v) is 4.89. The molecule has 0 N–H and O–H groups in total. The van der Waals surface area contributed by atoms with E-state index in [2.05, 4.69) is 4.98 Å². The molecule has 2 aromatic carbocycles. The maximum atomic E-state index is 13.4. The van der Waals surface area contributed by atoms with Gasteiger partial charge >= 0.3 is 12.4 Å². The van der Waals surface area contributed by atoms with Crippen LogP contribution in [0.25, 0.3) is 10.2 Å². The molecule has 4 nitrogen and oxygen atoms in total. The van der Waals surface area contributed by atoms with Crippen molar-refractivity contribution in [3.8, 4) is 0 Å². The molecule has 2 heterocycles. The average molecular weight is 502 g/mol. The molecule has 1 saturated heterocycles. The SMILES string of the molecule is CCc1cccc2sc(N(CC3CCCO3)C(=O)c3cc(C(F)(F)F)cc(C(F)(F)F)c3)nc12. The number of thiazole rings is 1. The Kier molecular flexibility index (Phi) is 6.61. The second-order valence-corrected chi connectivity index (χ2v) is 8.97. The molecule has 34 heavy (non-hydrogen) atoms. The number of nitrogens with zero attached hydrogens (tertiary/aromatic N) is 2. The summed E-state index contributed by atoms with van der Waals surface area (Å²) >= 11 is 1.15. The number of fused-ring (bicyclic) bond motifs is 1. The number of halogens is 6. The molecule has 0 bridgehead atoms. The maximum absolute atomic E-state index is 13.4. The predicted molar refractivity (Wildman–Crippen MR) is 116 cm³/mol. The van der Waals surface area contributed by atoms with Crippen LogP contribution in [0.5, 0.6) is 0 Å². The fraction of sp³-hybridized carbons (Fsp3) is 0.391. The lowest BCUT2D eigenvalue weighted by atomic mass is 10.0. The Hall–Kier alpha value is -2.66. The lowest BCUT2D eigenvalue weighted by molar-refractivity contribution is -0.143. The summed E-state index contributed by atoms with van der Waals surface area (Å²) in [5.74, 6) is -0.996. The molecule has 3 aromatic rings. The van der Waals surface area contributed by atoms with Gasteiger partial charge in [0.2, 0.25) is 0 Å². The van der Waals surface area contributed by atoms with E-state index in [1.165, 1.54) is 0 Å². The molecule has 1 fully saturated rings. The van der Waals surface area contributed by atoms with Gasteiger partial charge in [-0.15, -0.1) is 0 Å². The molecule has 1 amide bonds. The van der Waals surface area contributed by atoms with Crippen LogP contribution in [0.1, 0.15) is 46.8 Å². The van der Waals surface area contributed by atoms with Gasteiger partial charge in [0.25, 0.3) is 5.91 Å². The zero-order chi connectivity index (χ0) is 24.7. The van der Waals surface area contributed by atoms with Crippen molar-refractivity contribution in [2.45, 2.75) is 44.6 Å². The van der Waals surface area contributed by atoms with Crippen molar-refractivity contribution in [1.29, 1.82) is 0 Å². The van der Waals surface area contributed by atoms with Crippen LogP contribution in [0.15, 0.2) is 36.4 Å². The van der Waals surface area contributed by atoms with Crippen LogP contribution < -0.4 is 4.90 Å². The highest BCUT2D eigenvalue weighted by Gasteiger charge is 2.38. The van der Waals surface area contributed by atoms with Crippen LogP contribution in [0, 0.1) is 0 Å². The largest absolute Gasteiger partial charge is 0.416 e. The maximum Gasteiger partial charge on any atom is 0.416 e. The first-order chi connectivity index (χ1) is 16.0. The Morgan fingerprint density at radius 2 is 1.79 bits per heavy atom. The van der Waals surface area contributed by atoms with Gasteiger partial charge in [0.15, 0.2) is 5.13 Å². The minimum Gasteiger partial charge on any atom is -0.376 e. The number of carbonyl (C=O) groups excluding carboxylic acids is 1. The Labute approximate surface area is 195 Å². The molecular weight excluding hydrogens is 482 g/mol. The molecule has 0 radical (unpaired) electrons. The summed E-state index contributed by atoms with van der Waals surface area (Å²) in [6.07, 6.45) is -8.47. The van der Waals surface area contributed by atoms with Gasteiger partial charge in [0.05, 0.1) is 34.0 Å². The number of para-hydroxylation sites is 1. The fourth-order valence-electron chi connectivity index (χ4n) is 3.87. The van der Waals surface area contributed by atoms with Crippen LogP contribution in [-0.4, -0.2) is 30.1 Å². The van der Waals surface area contributed by atoms with Crippen molar-refractivity contribution in [1.82, 2.24) is 4.98 Å². The van der Waals surface area contributed by atoms with E-state index in [1.807, 2.05) is 19.1 Å². The third-order valence-corrected chi connectivity index (χ3v) is 6.64. The number of benzene rings is 2. The summed E-state index contributed by atoms with van der Waals surface area (Å²) in [5.41, 5.74) is -2.23. The van der Waals surface area contributed by atoms with Gasteiger partial charge in [0, 0.05) is 12.2 Å². The highest BCUT2D eigenvalue weighted by Crippen LogP contribution is 2.38. The van der Waals surface area contributed by atoms with Gasteiger partial charge in [-0.1, -0.05) is 30.4 Å². The van der Waals surface area contributed by atoms with E-state index in [1.54, 1.807) is 6.07 Å². The molecule has 1 aromatic heterocycles. The molecule has 0 aliphatic carbocycles. The summed E-state index contributed by atoms with van der Waals surface area (Å²) in [6.45, 7) is 2.37. The molecule has 1 unspecified atom stereocenters. The minimum atomic E-state index is -5.05. The smallest absolute Gasteiger partial charge is 0.376 e. The summed E-state index contributed by atoms with van der Waals surface area (Å²) < 4.78 is 86.5. The van der Waals surface area contributed by atoms with E-state index in [0.717, 1.165) is 32.9 Å². The van der Waals surface area contributed by atoms with E-state index in [0.29, 0.717) is 37.1 Å². The Bertz CT molecular complexity index is 1170. The van der Waals surface area contributed by atoms with Crippen LogP contribution in [-0.2, 0) is 23.5 Å². The van der Waals surface area contributed by atoms with Gasteiger partial charge in [-0.2, -0.15) is 26.3 Å². The molecule has 0 saturated carbocycles. The third-order valence-electron chi connectivity index (χ3n) is 5.59. The van der Waals surface area contributed by atoms with Gasteiger partial charge in [-0.05, 0) is 49.1 Å². The zero-order valence-electron chi connectivity index (χ0n) is 18.0. The lowest BCUT2D eigenvalue weighted by Gasteiger charge is -2.24. The van der Waals surface area contributed by atoms with Crippen molar-refractivity contribution in [2.24, 2.45) is 0 Å². The van der Waals surface area contributed by atoms with E-state index in [-0.39, 0.29) is 17.7 Å². The first-order valence-corrected chi connectivity index (χ1v) is 11.4. The molecule has 182 valence electrons. The molecular formula is C23H20F6N2O2S. The van der Waals surface area contributed by atoms with Crippen molar-refractivity contribution in [3.05, 3.63) is 58.7 Å². The summed E-state index contributed by atoms with van der Waals surface area (Å²) in [7, 11) is 0. The van der Waals surface area contributed by atoms with Gasteiger partial charge in [-0.3, -0.25) is 9.69 Å². The number of aryl methyl sites for hydroxylation is 1. The number of alkyl halides is 6. The quantitative estimate of drug-likeness (QED) is 0.364.